The lowest BCUT2D eigenvalue weighted by Crippen LogP contribution is -2.41. The summed E-state index contributed by atoms with van der Waals surface area (Å²) in [5, 5.41) is 14.0. The Hall–Kier alpha value is -3.34. The predicted molar refractivity (Wildman–Crippen MR) is 126 cm³/mol. The third-order valence-corrected chi connectivity index (χ3v) is 6.70. The molecule has 0 aliphatic carbocycles. The van der Waals surface area contributed by atoms with Crippen LogP contribution in [0.5, 0.6) is 5.75 Å². The number of hydrogen-bond acceptors (Lipinski definition) is 7. The van der Waals surface area contributed by atoms with E-state index in [9.17, 15) is 23.3 Å². The highest BCUT2D eigenvalue weighted by molar-refractivity contribution is 7.92. The van der Waals surface area contributed by atoms with Gasteiger partial charge in [-0.05, 0) is 43.5 Å². The van der Waals surface area contributed by atoms with E-state index in [1.807, 2.05) is 31.2 Å². The van der Waals surface area contributed by atoms with Gasteiger partial charge < -0.3 is 15.0 Å². The van der Waals surface area contributed by atoms with Crippen molar-refractivity contribution in [3.05, 3.63) is 58.1 Å². The molecule has 178 valence electrons. The maximum Gasteiger partial charge on any atom is 0.271 e. The summed E-state index contributed by atoms with van der Waals surface area (Å²) in [5.74, 6) is -0.450. The molecule has 33 heavy (non-hydrogen) atoms. The van der Waals surface area contributed by atoms with E-state index in [0.29, 0.717) is 0 Å². The van der Waals surface area contributed by atoms with Gasteiger partial charge >= 0.3 is 0 Å². The number of amides is 1. The highest BCUT2D eigenvalue weighted by Crippen LogP contribution is 2.33. The minimum atomic E-state index is -3.94. The minimum Gasteiger partial charge on any atom is -0.495 e. The number of nitrogens with zero attached hydrogens (tertiary/aromatic N) is 3. The van der Waals surface area contributed by atoms with Crippen LogP contribution in [0.25, 0.3) is 0 Å². The van der Waals surface area contributed by atoms with Crippen molar-refractivity contribution in [1.29, 1.82) is 0 Å². The van der Waals surface area contributed by atoms with E-state index in [-0.39, 0.29) is 23.2 Å². The van der Waals surface area contributed by atoms with Crippen molar-refractivity contribution >= 4 is 33.0 Å². The van der Waals surface area contributed by atoms with E-state index in [4.69, 9.17) is 4.74 Å². The Balaban J connectivity index is 1.76. The summed E-state index contributed by atoms with van der Waals surface area (Å²) >= 11 is 0. The Morgan fingerprint density at radius 1 is 1.21 bits per heavy atom. The minimum absolute atomic E-state index is 0.0769. The van der Waals surface area contributed by atoms with Crippen LogP contribution in [0.15, 0.2) is 42.5 Å². The smallest absolute Gasteiger partial charge is 0.271 e. The monoisotopic (exact) mass is 476 g/mol. The molecule has 1 saturated heterocycles. The molecule has 1 aliphatic rings. The number of hydrogen-bond donors (Lipinski definition) is 1. The lowest BCUT2D eigenvalue weighted by Gasteiger charge is -2.25. The van der Waals surface area contributed by atoms with Crippen molar-refractivity contribution in [2.45, 2.75) is 25.8 Å². The number of anilines is 2. The van der Waals surface area contributed by atoms with Crippen LogP contribution >= 0.6 is 0 Å². The number of benzene rings is 2. The van der Waals surface area contributed by atoms with Gasteiger partial charge in [0, 0.05) is 30.9 Å². The first-order valence-electron chi connectivity index (χ1n) is 10.5. The predicted octanol–water partition coefficient (Wildman–Crippen LogP) is 2.85. The molecule has 2 aromatic rings. The van der Waals surface area contributed by atoms with Crippen LogP contribution in [-0.2, 0) is 14.8 Å². The number of sulfonamides is 1. The van der Waals surface area contributed by atoms with Gasteiger partial charge in [-0.3, -0.25) is 19.2 Å². The number of carbonyl (C=O) groups is 1. The largest absolute Gasteiger partial charge is 0.495 e. The summed E-state index contributed by atoms with van der Waals surface area (Å²) in [6, 6.07) is 11.1. The van der Waals surface area contributed by atoms with E-state index < -0.39 is 27.4 Å². The molecule has 1 fully saturated rings. The van der Waals surface area contributed by atoms with Crippen LogP contribution in [0.4, 0.5) is 17.1 Å². The first kappa shape index (κ1) is 24.3. The molecule has 1 unspecified atom stereocenters. The van der Waals surface area contributed by atoms with Crippen LogP contribution in [0.1, 0.15) is 31.4 Å². The Labute approximate surface area is 193 Å². The van der Waals surface area contributed by atoms with Gasteiger partial charge in [0.25, 0.3) is 5.69 Å². The molecule has 0 saturated carbocycles. The first-order chi connectivity index (χ1) is 15.6. The molecule has 1 N–H and O–H groups in total. The average molecular weight is 477 g/mol. The molecule has 3 rings (SSSR count). The van der Waals surface area contributed by atoms with E-state index >= 15 is 0 Å². The van der Waals surface area contributed by atoms with Gasteiger partial charge in [-0.1, -0.05) is 12.1 Å². The third kappa shape index (κ3) is 5.92. The third-order valence-electron chi connectivity index (χ3n) is 5.57. The van der Waals surface area contributed by atoms with Gasteiger partial charge in [0.05, 0.1) is 24.3 Å². The molecule has 0 radical (unpaired) electrons. The van der Waals surface area contributed by atoms with Crippen LogP contribution in [0.2, 0.25) is 0 Å². The Morgan fingerprint density at radius 3 is 2.39 bits per heavy atom. The molecular formula is C22H28N4O6S. The van der Waals surface area contributed by atoms with Crippen molar-refractivity contribution in [3.63, 3.8) is 0 Å². The molecule has 1 aliphatic heterocycles. The number of nitro groups is 1. The number of rotatable bonds is 9. The maximum atomic E-state index is 12.8. The number of non-ortho nitro benzene ring substituents is 1. The highest BCUT2D eigenvalue weighted by atomic mass is 32.2. The Bertz CT molecular complexity index is 1110. The zero-order chi connectivity index (χ0) is 24.2. The van der Waals surface area contributed by atoms with Gasteiger partial charge in [-0.2, -0.15) is 0 Å². The second-order valence-corrected chi connectivity index (χ2v) is 9.86. The fourth-order valence-electron chi connectivity index (χ4n) is 3.82. The average Bonchev–Trinajstić information content (AvgIpc) is 3.31. The zero-order valence-corrected chi connectivity index (χ0v) is 19.7. The highest BCUT2D eigenvalue weighted by Gasteiger charge is 2.27. The lowest BCUT2D eigenvalue weighted by atomic mass is 10.1. The molecule has 1 heterocycles. The first-order valence-corrected chi connectivity index (χ1v) is 12.4. The number of ether oxygens (including phenoxy) is 1. The zero-order valence-electron chi connectivity index (χ0n) is 18.9. The summed E-state index contributed by atoms with van der Waals surface area (Å²) in [6.45, 7) is 3.33. The number of nitrogens with one attached hydrogen (secondary N) is 1. The molecule has 0 spiro atoms. The molecule has 0 bridgehead atoms. The Morgan fingerprint density at radius 2 is 1.85 bits per heavy atom. The van der Waals surface area contributed by atoms with Crippen molar-refractivity contribution < 1.29 is 22.9 Å². The summed E-state index contributed by atoms with van der Waals surface area (Å²) < 4.78 is 30.9. The topological polar surface area (TPSA) is 122 Å². The summed E-state index contributed by atoms with van der Waals surface area (Å²) in [4.78, 5) is 25.6. The Kier molecular flexibility index (Phi) is 7.42. The van der Waals surface area contributed by atoms with Crippen molar-refractivity contribution in [2.24, 2.45) is 0 Å². The molecule has 1 amide bonds. The van der Waals surface area contributed by atoms with Crippen molar-refractivity contribution in [2.75, 3.05) is 42.2 Å². The van der Waals surface area contributed by atoms with Gasteiger partial charge in [0.1, 0.15) is 18.0 Å². The molecule has 1 atom stereocenters. The quantitative estimate of drug-likeness (QED) is 0.436. The number of carbonyl (C=O) groups excluding carboxylic acids is 1. The SMILES string of the molecule is COc1ccc([N+](=O)[O-])cc1N(CC(=O)NC(C)c1ccc(N2CCCC2)cc1)S(C)(=O)=O. The maximum absolute atomic E-state index is 12.8. The lowest BCUT2D eigenvalue weighted by molar-refractivity contribution is -0.384. The van der Waals surface area contributed by atoms with Crippen LogP contribution in [-0.4, -0.2) is 52.2 Å². The summed E-state index contributed by atoms with van der Waals surface area (Å²) in [5.41, 5.74) is 1.62. The van der Waals surface area contributed by atoms with Gasteiger partial charge in [0.2, 0.25) is 15.9 Å². The second-order valence-electron chi connectivity index (χ2n) is 7.96. The van der Waals surface area contributed by atoms with E-state index in [1.165, 1.54) is 32.1 Å². The number of nitro benzene ring substituents is 1. The van der Waals surface area contributed by atoms with Crippen LogP contribution in [0, 0.1) is 10.1 Å². The van der Waals surface area contributed by atoms with Crippen LogP contribution in [0.3, 0.4) is 0 Å². The van der Waals surface area contributed by atoms with E-state index in [0.717, 1.165) is 41.0 Å². The normalized spacial score (nSPS) is 14.6. The fourth-order valence-corrected chi connectivity index (χ4v) is 4.67. The van der Waals surface area contributed by atoms with E-state index in [1.54, 1.807) is 0 Å². The summed E-state index contributed by atoms with van der Waals surface area (Å²) in [7, 11) is -2.62. The van der Waals surface area contributed by atoms with Crippen molar-refractivity contribution in [1.82, 2.24) is 5.32 Å². The fraction of sp³-hybridized carbons (Fsp3) is 0.409. The molecule has 11 heteroatoms. The van der Waals surface area contributed by atoms with E-state index in [2.05, 4.69) is 10.2 Å². The molecular weight excluding hydrogens is 448 g/mol. The van der Waals surface area contributed by atoms with Gasteiger partial charge in [-0.25, -0.2) is 8.42 Å². The van der Waals surface area contributed by atoms with Gasteiger partial charge in [0.15, 0.2) is 0 Å². The summed E-state index contributed by atoms with van der Waals surface area (Å²) in [6.07, 6.45) is 3.29. The van der Waals surface area contributed by atoms with Crippen molar-refractivity contribution in [3.8, 4) is 5.75 Å². The molecule has 0 aromatic heterocycles. The van der Waals surface area contributed by atoms with Crippen LogP contribution < -0.4 is 19.3 Å². The molecule has 2 aromatic carbocycles. The number of methoxy groups -OCH3 is 1. The molecule has 10 nitrogen and oxygen atoms in total. The standard InChI is InChI=1S/C22H28N4O6S/c1-16(17-6-8-18(9-7-17)24-12-4-5-13-24)23-22(27)15-25(33(3,30)31)20-14-19(26(28)29)10-11-21(20)32-2/h6-11,14,16H,4-5,12-13,15H2,1-3H3,(H,23,27). The second kappa shape index (κ2) is 10.1. The van der Waals surface area contributed by atoms with Gasteiger partial charge in [-0.15, -0.1) is 0 Å².